The molecule has 0 radical (unpaired) electrons. The van der Waals surface area contributed by atoms with E-state index in [2.05, 4.69) is 38.3 Å². The molecular formula is C13H16BrN3O2. The average molecular weight is 326 g/mol. The van der Waals surface area contributed by atoms with Gasteiger partial charge in [-0.2, -0.15) is 4.98 Å². The van der Waals surface area contributed by atoms with Gasteiger partial charge in [-0.15, -0.1) is 0 Å². The zero-order valence-corrected chi connectivity index (χ0v) is 12.7. The van der Waals surface area contributed by atoms with Crippen LogP contribution in [0.5, 0.6) is 5.75 Å². The van der Waals surface area contributed by atoms with E-state index in [0.717, 1.165) is 22.2 Å². The van der Waals surface area contributed by atoms with Crippen LogP contribution in [-0.2, 0) is 6.42 Å². The van der Waals surface area contributed by atoms with E-state index in [0.29, 0.717) is 17.8 Å². The van der Waals surface area contributed by atoms with Gasteiger partial charge in [-0.3, -0.25) is 0 Å². The number of hydrogen-bond donors (Lipinski definition) is 1. The summed E-state index contributed by atoms with van der Waals surface area (Å²) in [6, 6.07) is 5.93. The van der Waals surface area contributed by atoms with Crippen molar-refractivity contribution in [2.75, 3.05) is 14.2 Å². The van der Waals surface area contributed by atoms with E-state index in [9.17, 15) is 0 Å². The minimum atomic E-state index is 0.305. The van der Waals surface area contributed by atoms with Gasteiger partial charge in [-0.1, -0.05) is 5.16 Å². The summed E-state index contributed by atoms with van der Waals surface area (Å²) >= 11 is 3.47. The second kappa shape index (κ2) is 6.16. The van der Waals surface area contributed by atoms with Crippen molar-refractivity contribution in [1.29, 1.82) is 0 Å². The lowest BCUT2D eigenvalue weighted by atomic mass is 10.2. The molecule has 0 saturated carbocycles. The van der Waals surface area contributed by atoms with Crippen LogP contribution >= 0.6 is 15.9 Å². The molecule has 0 saturated heterocycles. The van der Waals surface area contributed by atoms with Crippen molar-refractivity contribution in [2.45, 2.75) is 19.4 Å². The molecule has 0 spiro atoms. The number of halogens is 1. The Morgan fingerprint density at radius 1 is 1.47 bits per heavy atom. The number of hydrogen-bond acceptors (Lipinski definition) is 5. The third kappa shape index (κ3) is 3.33. The molecule has 0 aliphatic heterocycles. The van der Waals surface area contributed by atoms with Crippen molar-refractivity contribution in [3.63, 3.8) is 0 Å². The smallest absolute Gasteiger partial charge is 0.259 e. The first-order valence-corrected chi connectivity index (χ1v) is 6.77. The molecule has 0 aliphatic rings. The highest BCUT2D eigenvalue weighted by atomic mass is 79.9. The fraction of sp³-hybridized carbons (Fsp3) is 0.385. The summed E-state index contributed by atoms with van der Waals surface area (Å²) in [5.41, 5.74) is 0.829. The first-order valence-electron chi connectivity index (χ1n) is 5.97. The van der Waals surface area contributed by atoms with Gasteiger partial charge in [0, 0.05) is 16.9 Å². The Kier molecular flexibility index (Phi) is 4.55. The Labute approximate surface area is 120 Å². The maximum atomic E-state index is 5.30. The van der Waals surface area contributed by atoms with Crippen LogP contribution < -0.4 is 10.1 Å². The molecule has 0 aliphatic carbocycles. The van der Waals surface area contributed by atoms with Crippen LogP contribution in [0.1, 0.15) is 12.7 Å². The average Bonchev–Trinajstić information content (AvgIpc) is 2.87. The van der Waals surface area contributed by atoms with Crippen molar-refractivity contribution in [2.24, 2.45) is 0 Å². The Bertz CT molecular complexity index is 557. The maximum absolute atomic E-state index is 5.30. The fourth-order valence-corrected chi connectivity index (χ4v) is 2.03. The maximum Gasteiger partial charge on any atom is 0.259 e. The van der Waals surface area contributed by atoms with Crippen LogP contribution in [0.2, 0.25) is 0 Å². The summed E-state index contributed by atoms with van der Waals surface area (Å²) in [5, 5.41) is 7.13. The number of nitrogens with zero attached hydrogens (tertiary/aromatic N) is 2. The fourth-order valence-electron chi connectivity index (χ4n) is 1.62. The van der Waals surface area contributed by atoms with E-state index in [1.54, 1.807) is 7.11 Å². The van der Waals surface area contributed by atoms with Gasteiger partial charge in [0.15, 0.2) is 5.82 Å². The molecule has 1 aromatic heterocycles. The molecule has 1 aromatic carbocycles. The zero-order valence-electron chi connectivity index (χ0n) is 11.1. The van der Waals surface area contributed by atoms with Crippen LogP contribution in [0.25, 0.3) is 11.5 Å². The molecule has 0 amide bonds. The number of aromatic nitrogens is 2. The molecule has 0 bridgehead atoms. The zero-order chi connectivity index (χ0) is 13.8. The Morgan fingerprint density at radius 2 is 2.26 bits per heavy atom. The SMILES string of the molecule is CNC(C)Cc1noc(-c2cc(OC)ccc2Br)n1. The lowest BCUT2D eigenvalue weighted by molar-refractivity contribution is 0.410. The lowest BCUT2D eigenvalue weighted by Crippen LogP contribution is -2.24. The molecule has 0 fully saturated rings. The highest BCUT2D eigenvalue weighted by Crippen LogP contribution is 2.30. The molecular weight excluding hydrogens is 310 g/mol. The summed E-state index contributed by atoms with van der Waals surface area (Å²) in [7, 11) is 3.53. The van der Waals surface area contributed by atoms with Crippen molar-refractivity contribution in [1.82, 2.24) is 15.5 Å². The molecule has 6 heteroatoms. The molecule has 1 N–H and O–H groups in total. The number of ether oxygens (including phenoxy) is 1. The van der Waals surface area contributed by atoms with Crippen molar-refractivity contribution in [3.05, 3.63) is 28.5 Å². The molecule has 1 unspecified atom stereocenters. The predicted octanol–water partition coefficient (Wildman–Crippen LogP) is 2.66. The van der Waals surface area contributed by atoms with Gasteiger partial charge in [-0.05, 0) is 48.1 Å². The van der Waals surface area contributed by atoms with E-state index in [-0.39, 0.29) is 0 Å². The summed E-state index contributed by atoms with van der Waals surface area (Å²) in [4.78, 5) is 4.40. The van der Waals surface area contributed by atoms with Crippen LogP contribution in [0.4, 0.5) is 0 Å². The normalized spacial score (nSPS) is 12.4. The molecule has 1 atom stereocenters. The number of methoxy groups -OCH3 is 1. The molecule has 2 aromatic rings. The third-order valence-electron chi connectivity index (χ3n) is 2.85. The number of benzene rings is 1. The summed E-state index contributed by atoms with van der Waals surface area (Å²) in [5.74, 6) is 1.93. The second-order valence-electron chi connectivity index (χ2n) is 4.26. The molecule has 1 heterocycles. The largest absolute Gasteiger partial charge is 0.497 e. The monoisotopic (exact) mass is 325 g/mol. The number of rotatable bonds is 5. The molecule has 5 nitrogen and oxygen atoms in total. The number of nitrogens with one attached hydrogen (secondary N) is 1. The van der Waals surface area contributed by atoms with E-state index < -0.39 is 0 Å². The Balaban J connectivity index is 2.27. The predicted molar refractivity (Wildman–Crippen MR) is 76.2 cm³/mol. The van der Waals surface area contributed by atoms with Gasteiger partial charge >= 0.3 is 0 Å². The summed E-state index contributed by atoms with van der Waals surface area (Å²) in [6.45, 7) is 2.07. The Hall–Kier alpha value is -1.40. The van der Waals surface area contributed by atoms with Crippen molar-refractivity contribution in [3.8, 4) is 17.2 Å². The minimum Gasteiger partial charge on any atom is -0.497 e. The van der Waals surface area contributed by atoms with Gasteiger partial charge in [0.2, 0.25) is 0 Å². The van der Waals surface area contributed by atoms with E-state index in [1.165, 1.54) is 0 Å². The van der Waals surface area contributed by atoms with E-state index in [4.69, 9.17) is 9.26 Å². The third-order valence-corrected chi connectivity index (χ3v) is 3.55. The standard InChI is InChI=1S/C13H16BrN3O2/c1-8(15-2)6-12-16-13(19-17-12)10-7-9(18-3)4-5-11(10)14/h4-5,7-8,15H,6H2,1-3H3. The van der Waals surface area contributed by atoms with Gasteiger partial charge in [0.1, 0.15) is 5.75 Å². The van der Waals surface area contributed by atoms with Crippen LogP contribution in [-0.4, -0.2) is 30.3 Å². The molecule has 19 heavy (non-hydrogen) atoms. The van der Waals surface area contributed by atoms with Crippen LogP contribution in [0.3, 0.4) is 0 Å². The molecule has 102 valence electrons. The van der Waals surface area contributed by atoms with Gasteiger partial charge in [-0.25, -0.2) is 0 Å². The highest BCUT2D eigenvalue weighted by molar-refractivity contribution is 9.10. The second-order valence-corrected chi connectivity index (χ2v) is 5.11. The first-order chi connectivity index (χ1) is 9.13. The topological polar surface area (TPSA) is 60.2 Å². The quantitative estimate of drug-likeness (QED) is 0.915. The lowest BCUT2D eigenvalue weighted by Gasteiger charge is -2.05. The van der Waals surface area contributed by atoms with Crippen molar-refractivity contribution >= 4 is 15.9 Å². The Morgan fingerprint density at radius 3 is 2.95 bits per heavy atom. The number of likely N-dealkylation sites (N-methyl/N-ethyl adjacent to an activating group) is 1. The summed E-state index contributed by atoms with van der Waals surface area (Å²) < 4.78 is 11.4. The molecule has 2 rings (SSSR count). The van der Waals surface area contributed by atoms with Gasteiger partial charge in [0.05, 0.1) is 12.7 Å². The highest BCUT2D eigenvalue weighted by Gasteiger charge is 2.14. The van der Waals surface area contributed by atoms with Crippen molar-refractivity contribution < 1.29 is 9.26 Å². The first kappa shape index (κ1) is 14.0. The minimum absolute atomic E-state index is 0.305. The van der Waals surface area contributed by atoms with E-state index in [1.807, 2.05) is 25.2 Å². The van der Waals surface area contributed by atoms with Crippen LogP contribution in [0, 0.1) is 0 Å². The van der Waals surface area contributed by atoms with Gasteiger partial charge < -0.3 is 14.6 Å². The summed E-state index contributed by atoms with van der Waals surface area (Å²) in [6.07, 6.45) is 0.724. The van der Waals surface area contributed by atoms with Gasteiger partial charge in [0.25, 0.3) is 5.89 Å². The van der Waals surface area contributed by atoms with E-state index >= 15 is 0 Å². The van der Waals surface area contributed by atoms with Crippen LogP contribution in [0.15, 0.2) is 27.2 Å².